The summed E-state index contributed by atoms with van der Waals surface area (Å²) in [5.74, 6) is 1.68. The average molecular weight is 139 g/mol. The molecule has 1 saturated heterocycles. The lowest BCUT2D eigenvalue weighted by Gasteiger charge is -2.33. The summed E-state index contributed by atoms with van der Waals surface area (Å²) in [6, 6.07) is 0. The molecule has 0 aromatic rings. The zero-order valence-corrected chi connectivity index (χ0v) is 7.01. The van der Waals surface area contributed by atoms with Gasteiger partial charge in [0.1, 0.15) is 0 Å². The minimum absolute atomic E-state index is 0.731. The predicted molar refractivity (Wildman–Crippen MR) is 43.7 cm³/mol. The van der Waals surface area contributed by atoms with Crippen molar-refractivity contribution in [3.8, 4) is 0 Å². The normalized spacial score (nSPS) is 36.3. The van der Waals surface area contributed by atoms with E-state index in [0.29, 0.717) is 0 Å². The molecule has 0 saturated carbocycles. The first-order chi connectivity index (χ1) is 4.72. The van der Waals surface area contributed by atoms with Crippen molar-refractivity contribution in [3.05, 3.63) is 6.92 Å². The summed E-state index contributed by atoms with van der Waals surface area (Å²) < 4.78 is 0. The third kappa shape index (κ3) is 1.98. The van der Waals surface area contributed by atoms with Gasteiger partial charge in [-0.3, -0.25) is 0 Å². The Morgan fingerprint density at radius 3 is 2.20 bits per heavy atom. The van der Waals surface area contributed by atoms with E-state index in [-0.39, 0.29) is 0 Å². The Labute approximate surface area is 64.4 Å². The maximum absolute atomic E-state index is 5.55. The van der Waals surface area contributed by atoms with Gasteiger partial charge in [0.15, 0.2) is 0 Å². The largest absolute Gasteiger partial charge is 0.303 e. The van der Waals surface area contributed by atoms with E-state index in [4.69, 9.17) is 6.92 Å². The molecule has 0 spiro atoms. The number of likely N-dealkylation sites (tertiary alicyclic amines) is 1. The van der Waals surface area contributed by atoms with Gasteiger partial charge in [-0.15, -0.1) is 0 Å². The van der Waals surface area contributed by atoms with E-state index in [1.807, 2.05) is 0 Å². The lowest BCUT2D eigenvalue weighted by molar-refractivity contribution is 0.154. The molecule has 2 unspecified atom stereocenters. The van der Waals surface area contributed by atoms with Crippen LogP contribution in [0.3, 0.4) is 0 Å². The second-order valence-electron chi connectivity index (χ2n) is 3.66. The fourth-order valence-corrected chi connectivity index (χ4v) is 1.94. The van der Waals surface area contributed by atoms with Gasteiger partial charge in [-0.1, -0.05) is 13.8 Å². The quantitative estimate of drug-likeness (QED) is 0.534. The van der Waals surface area contributed by atoms with Gasteiger partial charge in [0, 0.05) is 19.6 Å². The molecule has 1 rings (SSSR count). The SMILES string of the molecule is [CH]CN1CC(C)CC(C)C1. The molecule has 1 aliphatic heterocycles. The van der Waals surface area contributed by atoms with Crippen molar-refractivity contribution in [2.45, 2.75) is 20.3 Å². The average Bonchev–Trinajstić information content (AvgIpc) is 1.85. The van der Waals surface area contributed by atoms with E-state index in [0.717, 1.165) is 18.4 Å². The second-order valence-corrected chi connectivity index (χ2v) is 3.66. The van der Waals surface area contributed by atoms with Crippen molar-refractivity contribution in [2.75, 3.05) is 19.6 Å². The Bertz CT molecular complexity index is 90.9. The molecule has 1 aliphatic rings. The molecule has 1 nitrogen and oxygen atoms in total. The molecule has 1 heterocycles. The standard InChI is InChI=1S/C9H17N/c1-4-10-6-8(2)5-9(3)7-10/h1,8-9H,4-7H2,2-3H3. The Balaban J connectivity index is 2.35. The van der Waals surface area contributed by atoms with Crippen LogP contribution in [0, 0.1) is 18.8 Å². The minimum atomic E-state index is 0.731. The number of hydrogen-bond acceptors (Lipinski definition) is 1. The summed E-state index contributed by atoms with van der Waals surface area (Å²) in [5.41, 5.74) is 0. The third-order valence-electron chi connectivity index (χ3n) is 2.20. The monoisotopic (exact) mass is 139 g/mol. The van der Waals surface area contributed by atoms with Crippen LogP contribution in [0.2, 0.25) is 0 Å². The van der Waals surface area contributed by atoms with Crippen LogP contribution in [0.15, 0.2) is 0 Å². The highest BCUT2D eigenvalue weighted by Crippen LogP contribution is 2.19. The summed E-state index contributed by atoms with van der Waals surface area (Å²) in [6.07, 6.45) is 1.37. The molecule has 0 N–H and O–H groups in total. The van der Waals surface area contributed by atoms with Crippen LogP contribution in [-0.2, 0) is 0 Å². The van der Waals surface area contributed by atoms with E-state index in [2.05, 4.69) is 18.7 Å². The van der Waals surface area contributed by atoms with Gasteiger partial charge < -0.3 is 4.90 Å². The Hall–Kier alpha value is -0.0400. The number of nitrogens with zero attached hydrogens (tertiary/aromatic N) is 1. The van der Waals surface area contributed by atoms with E-state index < -0.39 is 0 Å². The first kappa shape index (κ1) is 8.06. The van der Waals surface area contributed by atoms with E-state index in [1.165, 1.54) is 19.5 Å². The van der Waals surface area contributed by atoms with Crippen LogP contribution < -0.4 is 0 Å². The molecule has 58 valence electrons. The van der Waals surface area contributed by atoms with Crippen LogP contribution in [0.1, 0.15) is 20.3 Å². The van der Waals surface area contributed by atoms with Gasteiger partial charge in [-0.25, -0.2) is 0 Å². The fraction of sp³-hybridized carbons (Fsp3) is 0.889. The molecule has 0 aromatic carbocycles. The lowest BCUT2D eigenvalue weighted by atomic mass is 9.92. The molecule has 0 aliphatic carbocycles. The highest BCUT2D eigenvalue weighted by molar-refractivity contribution is 4.74. The molecular formula is C9H17N. The van der Waals surface area contributed by atoms with Crippen molar-refractivity contribution in [1.82, 2.24) is 4.90 Å². The Morgan fingerprint density at radius 2 is 1.80 bits per heavy atom. The smallest absolute Gasteiger partial charge is 0.00164 e. The summed E-state index contributed by atoms with van der Waals surface area (Å²) in [4.78, 5) is 2.33. The molecule has 10 heavy (non-hydrogen) atoms. The minimum Gasteiger partial charge on any atom is -0.303 e. The Morgan fingerprint density at radius 1 is 1.30 bits per heavy atom. The molecule has 0 aromatic heterocycles. The van der Waals surface area contributed by atoms with Gasteiger partial charge >= 0.3 is 0 Å². The zero-order valence-electron chi connectivity index (χ0n) is 7.01. The van der Waals surface area contributed by atoms with Gasteiger partial charge in [0.2, 0.25) is 0 Å². The van der Waals surface area contributed by atoms with Gasteiger partial charge in [0.25, 0.3) is 0 Å². The topological polar surface area (TPSA) is 3.24 Å². The van der Waals surface area contributed by atoms with Gasteiger partial charge in [0.05, 0.1) is 0 Å². The van der Waals surface area contributed by atoms with E-state index in [1.54, 1.807) is 0 Å². The number of rotatable bonds is 1. The Kier molecular flexibility index (Phi) is 2.72. The predicted octanol–water partition coefficient (Wildman–Crippen LogP) is 1.68. The maximum atomic E-state index is 5.55. The molecule has 0 bridgehead atoms. The molecule has 1 heteroatoms. The van der Waals surface area contributed by atoms with Crippen LogP contribution in [-0.4, -0.2) is 24.5 Å². The lowest BCUT2D eigenvalue weighted by Crippen LogP contribution is -2.38. The maximum Gasteiger partial charge on any atom is 0.00164 e. The first-order valence-electron chi connectivity index (χ1n) is 4.14. The summed E-state index contributed by atoms with van der Waals surface area (Å²) >= 11 is 0. The summed E-state index contributed by atoms with van der Waals surface area (Å²) in [5, 5.41) is 0. The highest BCUT2D eigenvalue weighted by Gasteiger charge is 2.19. The third-order valence-corrected chi connectivity index (χ3v) is 2.20. The molecule has 0 amide bonds. The molecular weight excluding hydrogens is 122 g/mol. The van der Waals surface area contributed by atoms with Crippen molar-refractivity contribution >= 4 is 0 Å². The fourth-order valence-electron chi connectivity index (χ4n) is 1.94. The van der Waals surface area contributed by atoms with Crippen molar-refractivity contribution in [1.29, 1.82) is 0 Å². The molecule has 2 radical (unpaired) electrons. The molecule has 2 atom stereocenters. The van der Waals surface area contributed by atoms with Crippen LogP contribution in [0.5, 0.6) is 0 Å². The van der Waals surface area contributed by atoms with Crippen LogP contribution in [0.4, 0.5) is 0 Å². The van der Waals surface area contributed by atoms with Crippen LogP contribution >= 0.6 is 0 Å². The zero-order chi connectivity index (χ0) is 7.56. The van der Waals surface area contributed by atoms with Gasteiger partial charge in [-0.05, 0) is 25.2 Å². The highest BCUT2D eigenvalue weighted by atomic mass is 15.1. The van der Waals surface area contributed by atoms with Crippen LogP contribution in [0.25, 0.3) is 0 Å². The summed E-state index contributed by atoms with van der Waals surface area (Å²) in [7, 11) is 0. The summed E-state index contributed by atoms with van der Waals surface area (Å²) in [6.45, 7) is 13.3. The second kappa shape index (κ2) is 3.38. The van der Waals surface area contributed by atoms with Crippen molar-refractivity contribution < 1.29 is 0 Å². The first-order valence-corrected chi connectivity index (χ1v) is 4.14. The van der Waals surface area contributed by atoms with Crippen molar-refractivity contribution in [2.24, 2.45) is 11.8 Å². The van der Waals surface area contributed by atoms with Gasteiger partial charge in [-0.2, -0.15) is 0 Å². The molecule has 1 fully saturated rings. The van der Waals surface area contributed by atoms with E-state index in [9.17, 15) is 0 Å². The number of piperidine rings is 1. The van der Waals surface area contributed by atoms with E-state index >= 15 is 0 Å². The number of hydrogen-bond donors (Lipinski definition) is 0. The van der Waals surface area contributed by atoms with Crippen molar-refractivity contribution in [3.63, 3.8) is 0 Å².